The second-order valence-electron chi connectivity index (χ2n) is 8.43. The number of fused-ring (bicyclic) bond motifs is 2. The molecule has 0 unspecified atom stereocenters. The molecule has 2 aliphatic heterocycles. The molecule has 156 valence electrons. The molecule has 1 aliphatic carbocycles. The van der Waals surface area contributed by atoms with Gasteiger partial charge in [0.15, 0.2) is 5.82 Å². The molecule has 0 radical (unpaired) electrons. The first kappa shape index (κ1) is 17.9. The summed E-state index contributed by atoms with van der Waals surface area (Å²) >= 11 is 0. The summed E-state index contributed by atoms with van der Waals surface area (Å²) in [4.78, 5) is 24.8. The molecule has 30 heavy (non-hydrogen) atoms. The van der Waals surface area contributed by atoms with Gasteiger partial charge in [-0.25, -0.2) is 9.78 Å². The molecular formula is C21H25N7O2. The van der Waals surface area contributed by atoms with E-state index in [1.54, 1.807) is 0 Å². The number of amides is 2. The van der Waals surface area contributed by atoms with E-state index < -0.39 is 0 Å². The highest BCUT2D eigenvalue weighted by molar-refractivity contribution is 5.81. The van der Waals surface area contributed by atoms with Gasteiger partial charge >= 0.3 is 6.03 Å². The fourth-order valence-electron chi connectivity index (χ4n) is 4.26. The molecular weight excluding hydrogens is 382 g/mol. The van der Waals surface area contributed by atoms with Crippen LogP contribution >= 0.6 is 0 Å². The van der Waals surface area contributed by atoms with Gasteiger partial charge in [-0.2, -0.15) is 5.10 Å². The molecule has 2 amide bonds. The Morgan fingerprint density at radius 2 is 2.10 bits per heavy atom. The van der Waals surface area contributed by atoms with E-state index in [9.17, 15) is 4.79 Å². The predicted molar refractivity (Wildman–Crippen MR) is 111 cm³/mol. The molecule has 0 spiro atoms. The van der Waals surface area contributed by atoms with Gasteiger partial charge in [0.25, 0.3) is 0 Å². The largest absolute Gasteiger partial charge is 0.379 e. The second kappa shape index (κ2) is 7.10. The third kappa shape index (κ3) is 3.33. The van der Waals surface area contributed by atoms with E-state index in [2.05, 4.69) is 43.6 Å². The lowest BCUT2D eigenvalue weighted by Gasteiger charge is -2.26. The number of morpholine rings is 1. The molecule has 1 saturated carbocycles. The van der Waals surface area contributed by atoms with Crippen LogP contribution in [-0.4, -0.2) is 68.3 Å². The lowest BCUT2D eigenvalue weighted by molar-refractivity contribution is 0.0342. The third-order valence-corrected chi connectivity index (χ3v) is 6.12. The Labute approximate surface area is 173 Å². The molecule has 2 fully saturated rings. The Balaban J connectivity index is 1.22. The fourth-order valence-corrected chi connectivity index (χ4v) is 4.26. The molecule has 2 aromatic heterocycles. The summed E-state index contributed by atoms with van der Waals surface area (Å²) in [5.74, 6) is 0.746. The van der Waals surface area contributed by atoms with Crippen molar-refractivity contribution in [2.24, 2.45) is 0 Å². The number of imidazole rings is 1. The number of aromatic nitrogens is 4. The van der Waals surface area contributed by atoms with Gasteiger partial charge in [-0.3, -0.25) is 10.00 Å². The van der Waals surface area contributed by atoms with Crippen molar-refractivity contribution in [3.8, 4) is 11.5 Å². The van der Waals surface area contributed by atoms with Crippen LogP contribution in [0.15, 0.2) is 18.2 Å². The van der Waals surface area contributed by atoms with Gasteiger partial charge in [-0.15, -0.1) is 0 Å². The van der Waals surface area contributed by atoms with Gasteiger partial charge in [0.2, 0.25) is 0 Å². The average molecular weight is 407 g/mol. The van der Waals surface area contributed by atoms with E-state index in [4.69, 9.17) is 9.72 Å². The van der Waals surface area contributed by atoms with Gasteiger partial charge in [-0.05, 0) is 30.5 Å². The summed E-state index contributed by atoms with van der Waals surface area (Å²) in [6.45, 7) is 5.57. The van der Waals surface area contributed by atoms with E-state index in [-0.39, 0.29) is 6.03 Å². The summed E-state index contributed by atoms with van der Waals surface area (Å²) < 4.78 is 5.44. The molecule has 3 aromatic rings. The highest BCUT2D eigenvalue weighted by atomic mass is 16.5. The maximum atomic E-state index is 12.4. The third-order valence-electron chi connectivity index (χ3n) is 6.12. The van der Waals surface area contributed by atoms with Crippen LogP contribution in [0, 0.1) is 0 Å². The maximum absolute atomic E-state index is 12.4. The molecule has 0 atom stereocenters. The highest BCUT2D eigenvalue weighted by Crippen LogP contribution is 2.31. The quantitative estimate of drug-likeness (QED) is 0.614. The first-order valence-corrected chi connectivity index (χ1v) is 10.6. The molecule has 9 heteroatoms. The van der Waals surface area contributed by atoms with E-state index in [0.29, 0.717) is 19.1 Å². The zero-order chi connectivity index (χ0) is 20.1. The van der Waals surface area contributed by atoms with Gasteiger partial charge in [0.05, 0.1) is 43.0 Å². The number of aromatic amines is 2. The molecule has 3 N–H and O–H groups in total. The number of urea groups is 1. The topological polar surface area (TPSA) is 102 Å². The van der Waals surface area contributed by atoms with E-state index in [1.807, 2.05) is 4.90 Å². The van der Waals surface area contributed by atoms with E-state index in [1.165, 1.54) is 5.56 Å². The first-order valence-electron chi connectivity index (χ1n) is 10.6. The van der Waals surface area contributed by atoms with Crippen molar-refractivity contribution < 1.29 is 9.53 Å². The Bertz CT molecular complexity index is 1090. The number of benzene rings is 1. The molecule has 4 heterocycles. The lowest BCUT2D eigenvalue weighted by atomic mass is 10.2. The minimum Gasteiger partial charge on any atom is -0.379 e. The number of hydrogen-bond acceptors (Lipinski definition) is 5. The Morgan fingerprint density at radius 1 is 1.23 bits per heavy atom. The van der Waals surface area contributed by atoms with Crippen molar-refractivity contribution in [3.63, 3.8) is 0 Å². The van der Waals surface area contributed by atoms with Crippen LogP contribution in [0.5, 0.6) is 0 Å². The van der Waals surface area contributed by atoms with Crippen LogP contribution < -0.4 is 5.32 Å². The molecule has 0 bridgehead atoms. The monoisotopic (exact) mass is 407 g/mol. The van der Waals surface area contributed by atoms with Gasteiger partial charge < -0.3 is 19.9 Å². The van der Waals surface area contributed by atoms with Crippen molar-refractivity contribution in [1.82, 2.24) is 35.3 Å². The van der Waals surface area contributed by atoms with Gasteiger partial charge in [0.1, 0.15) is 5.69 Å². The smallest absolute Gasteiger partial charge is 0.318 e. The number of nitrogens with one attached hydrogen (secondary N) is 3. The number of carbonyl (C=O) groups excluding carboxylic acids is 1. The summed E-state index contributed by atoms with van der Waals surface area (Å²) in [6.07, 6.45) is 2.17. The summed E-state index contributed by atoms with van der Waals surface area (Å²) in [5, 5.41) is 10.6. The van der Waals surface area contributed by atoms with Crippen molar-refractivity contribution in [2.75, 3.05) is 26.3 Å². The number of hydrogen-bond donors (Lipinski definition) is 3. The summed E-state index contributed by atoms with van der Waals surface area (Å²) in [5.41, 5.74) is 6.04. The summed E-state index contributed by atoms with van der Waals surface area (Å²) in [7, 11) is 0. The van der Waals surface area contributed by atoms with Gasteiger partial charge in [0, 0.05) is 31.2 Å². The maximum Gasteiger partial charge on any atom is 0.318 e. The van der Waals surface area contributed by atoms with Crippen molar-refractivity contribution >= 4 is 17.1 Å². The predicted octanol–water partition coefficient (Wildman–Crippen LogP) is 1.97. The van der Waals surface area contributed by atoms with E-state index >= 15 is 0 Å². The number of rotatable bonds is 4. The fraction of sp³-hybridized carbons (Fsp3) is 0.476. The zero-order valence-electron chi connectivity index (χ0n) is 16.8. The highest BCUT2D eigenvalue weighted by Gasteiger charge is 2.32. The normalized spacial score (nSPS) is 19.4. The Kier molecular flexibility index (Phi) is 4.24. The molecule has 1 aromatic carbocycles. The van der Waals surface area contributed by atoms with E-state index in [0.717, 1.165) is 79.5 Å². The van der Waals surface area contributed by atoms with Gasteiger partial charge in [-0.1, -0.05) is 6.07 Å². The standard InChI is InChI=1S/C21H25N7O2/c29-21(22-14-2-3-14)28-11-15-18(12-28)25-26-19(15)20-23-16-4-1-13(9-17(16)24-20)10-27-5-7-30-8-6-27/h1,4,9,14H,2-3,5-8,10-12H2,(H,22,29)(H,23,24)(H,25,26). The molecule has 3 aliphatic rings. The SMILES string of the molecule is O=C(NC1CC1)N1Cc2[nH]nc(-c3nc4ccc(CN5CCOCC5)cc4[nH]3)c2C1. The Hall–Kier alpha value is -2.91. The number of nitrogens with zero attached hydrogens (tertiary/aromatic N) is 4. The summed E-state index contributed by atoms with van der Waals surface area (Å²) in [6, 6.07) is 6.74. The lowest BCUT2D eigenvalue weighted by Crippen LogP contribution is -2.37. The van der Waals surface area contributed by atoms with Crippen LogP contribution in [-0.2, 0) is 24.4 Å². The first-order chi connectivity index (χ1) is 14.7. The number of carbonyl (C=O) groups is 1. The molecule has 6 rings (SSSR count). The van der Waals surface area contributed by atoms with Crippen molar-refractivity contribution in [3.05, 3.63) is 35.0 Å². The van der Waals surface area contributed by atoms with Crippen molar-refractivity contribution in [1.29, 1.82) is 0 Å². The minimum absolute atomic E-state index is 0.00501. The van der Waals surface area contributed by atoms with Crippen LogP contribution in [0.2, 0.25) is 0 Å². The van der Waals surface area contributed by atoms with Crippen molar-refractivity contribution in [2.45, 2.75) is 38.5 Å². The second-order valence-corrected chi connectivity index (χ2v) is 8.43. The molecule has 1 saturated heterocycles. The molecule has 9 nitrogen and oxygen atoms in total. The number of ether oxygens (including phenoxy) is 1. The van der Waals surface area contributed by atoms with Crippen LogP contribution in [0.3, 0.4) is 0 Å². The minimum atomic E-state index is 0.00501. The Morgan fingerprint density at radius 3 is 2.93 bits per heavy atom. The van der Waals surface area contributed by atoms with Crippen LogP contribution in [0.1, 0.15) is 29.7 Å². The van der Waals surface area contributed by atoms with Crippen LogP contribution in [0.4, 0.5) is 4.79 Å². The average Bonchev–Trinajstić information content (AvgIpc) is 3.14. The number of H-pyrrole nitrogens is 2. The zero-order valence-corrected chi connectivity index (χ0v) is 16.8. The van der Waals surface area contributed by atoms with Crippen LogP contribution in [0.25, 0.3) is 22.6 Å².